The molecule has 5 nitrogen and oxygen atoms in total. The molecule has 1 amide bonds. The average Bonchev–Trinajstić information content (AvgIpc) is 2.77. The number of thiazole rings is 1. The molecule has 0 aromatic carbocycles. The lowest BCUT2D eigenvalue weighted by molar-refractivity contribution is -0.134. The van der Waals surface area contributed by atoms with E-state index in [1.54, 1.807) is 23.3 Å². The molecule has 0 bridgehead atoms. The van der Waals surface area contributed by atoms with E-state index < -0.39 is 6.04 Å². The Morgan fingerprint density at radius 1 is 1.68 bits per heavy atom. The number of likely N-dealkylation sites (N-methyl/N-ethyl adjacent to an activating group) is 1. The van der Waals surface area contributed by atoms with Crippen molar-refractivity contribution in [2.45, 2.75) is 38.3 Å². The summed E-state index contributed by atoms with van der Waals surface area (Å²) in [6.45, 7) is 2.27. The molecule has 0 fully saturated rings. The number of carbonyl (C=O) groups is 1. The molecular formula is C13H21N3O2S. The number of rotatable bonds is 4. The smallest absolute Gasteiger partial charge is 0.242 e. The van der Waals surface area contributed by atoms with Gasteiger partial charge >= 0.3 is 0 Å². The number of hydrogen-bond acceptors (Lipinski definition) is 5. The van der Waals surface area contributed by atoms with Gasteiger partial charge in [-0.25, -0.2) is 4.98 Å². The van der Waals surface area contributed by atoms with E-state index in [1.807, 2.05) is 14.0 Å². The lowest BCUT2D eigenvalue weighted by Crippen LogP contribution is -2.46. The molecule has 2 N–H and O–H groups in total. The molecule has 106 valence electrons. The van der Waals surface area contributed by atoms with Gasteiger partial charge in [-0.1, -0.05) is 0 Å². The van der Waals surface area contributed by atoms with Gasteiger partial charge in [-0.05, 0) is 26.2 Å². The standard InChI is InChI=1S/C13H21N3O2S/c1-8-15-10-5-4-6-11(12(10)19-8)16(2)13(17)9(14)7-18-3/h9,11H,4-7,14H2,1-3H3. The molecule has 19 heavy (non-hydrogen) atoms. The van der Waals surface area contributed by atoms with Crippen LogP contribution in [0.2, 0.25) is 0 Å². The summed E-state index contributed by atoms with van der Waals surface area (Å²) in [7, 11) is 3.38. The van der Waals surface area contributed by atoms with Crippen LogP contribution < -0.4 is 5.73 Å². The summed E-state index contributed by atoms with van der Waals surface area (Å²) in [4.78, 5) is 19.8. The van der Waals surface area contributed by atoms with Crippen LogP contribution in [0, 0.1) is 6.92 Å². The van der Waals surface area contributed by atoms with Crippen molar-refractivity contribution >= 4 is 17.2 Å². The highest BCUT2D eigenvalue weighted by Crippen LogP contribution is 2.37. The number of hydrogen-bond donors (Lipinski definition) is 1. The summed E-state index contributed by atoms with van der Waals surface area (Å²) in [6.07, 6.45) is 3.07. The number of aryl methyl sites for hydroxylation is 2. The maximum atomic E-state index is 12.3. The lowest BCUT2D eigenvalue weighted by atomic mass is 9.96. The average molecular weight is 283 g/mol. The number of methoxy groups -OCH3 is 1. The zero-order valence-corrected chi connectivity index (χ0v) is 12.5. The van der Waals surface area contributed by atoms with Gasteiger partial charge in [-0.2, -0.15) is 0 Å². The Hall–Kier alpha value is -0.980. The predicted octanol–water partition coefficient (Wildman–Crippen LogP) is 1.26. The molecule has 0 radical (unpaired) electrons. The maximum Gasteiger partial charge on any atom is 0.242 e. The third-order valence-electron chi connectivity index (χ3n) is 3.51. The summed E-state index contributed by atoms with van der Waals surface area (Å²) < 4.78 is 4.95. The Balaban J connectivity index is 2.16. The molecule has 0 aliphatic heterocycles. The molecule has 0 saturated carbocycles. The molecule has 1 aliphatic rings. The van der Waals surface area contributed by atoms with Crippen molar-refractivity contribution in [1.29, 1.82) is 0 Å². The van der Waals surface area contributed by atoms with Crippen LogP contribution in [-0.2, 0) is 16.0 Å². The maximum absolute atomic E-state index is 12.3. The fraction of sp³-hybridized carbons (Fsp3) is 0.692. The minimum Gasteiger partial charge on any atom is -0.383 e. The van der Waals surface area contributed by atoms with Crippen molar-refractivity contribution in [1.82, 2.24) is 9.88 Å². The van der Waals surface area contributed by atoms with Crippen LogP contribution in [0.15, 0.2) is 0 Å². The molecule has 0 saturated heterocycles. The molecule has 2 atom stereocenters. The normalized spacial score (nSPS) is 19.9. The van der Waals surface area contributed by atoms with Crippen molar-refractivity contribution in [2.24, 2.45) is 5.73 Å². The number of aromatic nitrogens is 1. The fourth-order valence-corrected chi connectivity index (χ4v) is 3.71. The second-order valence-corrected chi connectivity index (χ2v) is 6.20. The fourth-order valence-electron chi connectivity index (χ4n) is 2.55. The highest BCUT2D eigenvalue weighted by atomic mass is 32.1. The third kappa shape index (κ3) is 2.96. The van der Waals surface area contributed by atoms with E-state index in [0.29, 0.717) is 0 Å². The summed E-state index contributed by atoms with van der Waals surface area (Å²) in [5, 5.41) is 1.07. The van der Waals surface area contributed by atoms with Gasteiger partial charge in [0.05, 0.1) is 28.2 Å². The summed E-state index contributed by atoms with van der Waals surface area (Å²) in [6, 6.07) is -0.472. The molecule has 1 aromatic rings. The first-order chi connectivity index (χ1) is 9.04. The van der Waals surface area contributed by atoms with Crippen LogP contribution in [0.4, 0.5) is 0 Å². The first-order valence-electron chi connectivity index (χ1n) is 6.52. The van der Waals surface area contributed by atoms with Gasteiger partial charge in [0.1, 0.15) is 6.04 Å². The van der Waals surface area contributed by atoms with E-state index in [1.165, 1.54) is 4.88 Å². The van der Waals surface area contributed by atoms with Gasteiger partial charge in [0.25, 0.3) is 0 Å². The second-order valence-electron chi connectivity index (χ2n) is 4.96. The van der Waals surface area contributed by atoms with Crippen LogP contribution in [0.5, 0.6) is 0 Å². The number of nitrogens with two attached hydrogens (primary N) is 1. The van der Waals surface area contributed by atoms with Crippen molar-refractivity contribution in [3.63, 3.8) is 0 Å². The van der Waals surface area contributed by atoms with Gasteiger partial charge in [-0.15, -0.1) is 11.3 Å². The largest absolute Gasteiger partial charge is 0.383 e. The SMILES string of the molecule is COCC(N)C(=O)N(C)C1CCCc2nc(C)sc21. The lowest BCUT2D eigenvalue weighted by Gasteiger charge is -2.32. The Labute approximate surface area is 117 Å². The Morgan fingerprint density at radius 3 is 3.11 bits per heavy atom. The zero-order valence-electron chi connectivity index (χ0n) is 11.7. The molecule has 2 rings (SSSR count). The van der Waals surface area contributed by atoms with Gasteiger partial charge in [0.15, 0.2) is 0 Å². The van der Waals surface area contributed by atoms with Crippen LogP contribution in [0.1, 0.15) is 34.5 Å². The number of ether oxygens (including phenoxy) is 1. The third-order valence-corrected chi connectivity index (χ3v) is 4.62. The molecule has 6 heteroatoms. The number of nitrogens with zero attached hydrogens (tertiary/aromatic N) is 2. The number of fused-ring (bicyclic) bond motifs is 1. The monoisotopic (exact) mass is 283 g/mol. The highest BCUT2D eigenvalue weighted by Gasteiger charge is 2.31. The molecule has 0 spiro atoms. The Morgan fingerprint density at radius 2 is 2.42 bits per heavy atom. The molecule has 1 heterocycles. The Bertz CT molecular complexity index is 461. The van der Waals surface area contributed by atoms with E-state index in [0.717, 1.165) is 30.0 Å². The van der Waals surface area contributed by atoms with E-state index >= 15 is 0 Å². The zero-order chi connectivity index (χ0) is 14.0. The minimum absolute atomic E-state index is 0.0641. The van der Waals surface area contributed by atoms with Crippen LogP contribution in [-0.4, -0.2) is 42.6 Å². The summed E-state index contributed by atoms with van der Waals surface area (Å²) in [5.74, 6) is -0.0641. The van der Waals surface area contributed by atoms with Crippen molar-refractivity contribution in [3.8, 4) is 0 Å². The topological polar surface area (TPSA) is 68.5 Å². The molecule has 2 unspecified atom stereocenters. The van der Waals surface area contributed by atoms with Crippen molar-refractivity contribution < 1.29 is 9.53 Å². The molecular weight excluding hydrogens is 262 g/mol. The summed E-state index contributed by atoms with van der Waals surface area (Å²) in [5.41, 5.74) is 6.98. The first kappa shape index (κ1) is 14.4. The van der Waals surface area contributed by atoms with Gasteiger partial charge in [-0.3, -0.25) is 4.79 Å². The van der Waals surface area contributed by atoms with E-state index in [4.69, 9.17) is 10.5 Å². The predicted molar refractivity (Wildman–Crippen MR) is 75.2 cm³/mol. The minimum atomic E-state index is -0.589. The first-order valence-corrected chi connectivity index (χ1v) is 7.33. The number of amides is 1. The summed E-state index contributed by atoms with van der Waals surface area (Å²) >= 11 is 1.69. The number of carbonyl (C=O) groups excluding carboxylic acids is 1. The van der Waals surface area contributed by atoms with Crippen molar-refractivity contribution in [3.05, 3.63) is 15.6 Å². The van der Waals surface area contributed by atoms with Gasteiger partial charge < -0.3 is 15.4 Å². The van der Waals surface area contributed by atoms with Crippen LogP contribution in [0.3, 0.4) is 0 Å². The van der Waals surface area contributed by atoms with E-state index in [-0.39, 0.29) is 18.6 Å². The van der Waals surface area contributed by atoms with E-state index in [9.17, 15) is 4.79 Å². The quantitative estimate of drug-likeness (QED) is 0.903. The molecule has 1 aliphatic carbocycles. The van der Waals surface area contributed by atoms with Gasteiger partial charge in [0, 0.05) is 14.2 Å². The second kappa shape index (κ2) is 5.98. The highest BCUT2D eigenvalue weighted by molar-refractivity contribution is 7.11. The van der Waals surface area contributed by atoms with Gasteiger partial charge in [0.2, 0.25) is 5.91 Å². The van der Waals surface area contributed by atoms with Crippen LogP contribution in [0.25, 0.3) is 0 Å². The van der Waals surface area contributed by atoms with E-state index in [2.05, 4.69) is 4.98 Å². The Kier molecular flexibility index (Phi) is 4.54. The van der Waals surface area contributed by atoms with Crippen molar-refractivity contribution in [2.75, 3.05) is 20.8 Å². The molecule has 1 aromatic heterocycles. The van der Waals surface area contributed by atoms with Crippen LogP contribution >= 0.6 is 11.3 Å².